The fourth-order valence-electron chi connectivity index (χ4n) is 3.43. The number of aliphatic hydroxyl groups is 1. The van der Waals surface area contributed by atoms with Gasteiger partial charge in [0.25, 0.3) is 0 Å². The van der Waals surface area contributed by atoms with Gasteiger partial charge in [-0.25, -0.2) is 14.2 Å². The molecule has 0 saturated carbocycles. The Morgan fingerprint density at radius 3 is 2.74 bits per heavy atom. The van der Waals surface area contributed by atoms with Crippen molar-refractivity contribution in [2.45, 2.75) is 31.8 Å². The zero-order chi connectivity index (χ0) is 25.0. The van der Waals surface area contributed by atoms with Crippen LogP contribution in [0.1, 0.15) is 24.8 Å². The number of hydrogen-bond donors (Lipinski definition) is 4. The molecule has 35 heavy (non-hydrogen) atoms. The summed E-state index contributed by atoms with van der Waals surface area (Å²) in [6.45, 7) is 0.473. The van der Waals surface area contributed by atoms with E-state index in [2.05, 4.69) is 20.9 Å². The lowest BCUT2D eigenvalue weighted by Gasteiger charge is -2.19. The molecule has 2 amide bonds. The molecule has 1 aromatic heterocycles. The molecule has 1 atom stereocenters. The Morgan fingerprint density at radius 1 is 1.11 bits per heavy atom. The van der Waals surface area contributed by atoms with E-state index in [-0.39, 0.29) is 37.3 Å². The second-order valence-corrected chi connectivity index (χ2v) is 8.37. The number of benzene rings is 2. The molecule has 1 heterocycles. The number of amides is 2. The molecule has 2 aromatic carbocycles. The highest BCUT2D eigenvalue weighted by atomic mass is 35.5. The molecule has 0 unspecified atom stereocenters. The lowest BCUT2D eigenvalue weighted by atomic mass is 10.1. The highest BCUT2D eigenvalue weighted by Gasteiger charge is 2.15. The average molecular weight is 503 g/mol. The quantitative estimate of drug-likeness (QED) is 0.278. The van der Waals surface area contributed by atoms with E-state index in [0.29, 0.717) is 36.2 Å². The zero-order valence-electron chi connectivity index (χ0n) is 19.1. The van der Waals surface area contributed by atoms with Gasteiger partial charge in [0.05, 0.1) is 12.6 Å². The number of pyridine rings is 1. The number of ether oxygens (including phenoxy) is 1. The molecule has 8 nitrogen and oxygen atoms in total. The predicted molar refractivity (Wildman–Crippen MR) is 133 cm³/mol. The number of halogens is 2. The van der Waals surface area contributed by atoms with E-state index in [1.165, 1.54) is 18.3 Å². The summed E-state index contributed by atoms with van der Waals surface area (Å²) in [6.07, 6.45) is 2.53. The van der Waals surface area contributed by atoms with Crippen LogP contribution in [-0.4, -0.2) is 47.9 Å². The number of rotatable bonds is 12. The molecule has 0 saturated heterocycles. The third-order valence-corrected chi connectivity index (χ3v) is 5.58. The molecule has 0 bridgehead atoms. The Hall–Kier alpha value is -3.27. The van der Waals surface area contributed by atoms with E-state index in [1.807, 2.05) is 18.2 Å². The number of hydrogen-bond acceptors (Lipinski definition) is 6. The van der Waals surface area contributed by atoms with E-state index in [4.69, 9.17) is 21.4 Å². The Bertz CT molecular complexity index is 1150. The highest BCUT2D eigenvalue weighted by Crippen LogP contribution is 2.18. The molecular weight excluding hydrogens is 475 g/mol. The summed E-state index contributed by atoms with van der Waals surface area (Å²) in [7, 11) is 0. The number of carbonyl (C=O) groups is 2. The van der Waals surface area contributed by atoms with Gasteiger partial charge < -0.3 is 20.5 Å². The minimum absolute atomic E-state index is 0.0373. The van der Waals surface area contributed by atoms with Crippen LogP contribution in [0.2, 0.25) is 5.02 Å². The molecule has 0 aliphatic rings. The molecule has 10 heteroatoms. The van der Waals surface area contributed by atoms with Gasteiger partial charge in [0.2, 0.25) is 5.91 Å². The van der Waals surface area contributed by atoms with Crippen molar-refractivity contribution >= 4 is 40.2 Å². The summed E-state index contributed by atoms with van der Waals surface area (Å²) in [5.74, 6) is -0.425. The summed E-state index contributed by atoms with van der Waals surface area (Å²) in [6, 6.07) is 12.8. The third-order valence-electron chi connectivity index (χ3n) is 5.21. The molecule has 3 rings (SSSR count). The summed E-state index contributed by atoms with van der Waals surface area (Å²) in [4.78, 5) is 28.8. The number of anilines is 1. The number of aliphatic hydroxyl groups excluding tert-OH is 1. The highest BCUT2D eigenvalue weighted by molar-refractivity contribution is 6.31. The fourth-order valence-corrected chi connectivity index (χ4v) is 3.63. The minimum Gasteiger partial charge on any atom is -0.447 e. The number of nitrogens with zero attached hydrogens (tertiary/aromatic N) is 1. The molecule has 186 valence electrons. The monoisotopic (exact) mass is 502 g/mol. The van der Waals surface area contributed by atoms with Gasteiger partial charge in [0, 0.05) is 29.8 Å². The predicted octanol–water partition coefficient (Wildman–Crippen LogP) is 4.01. The van der Waals surface area contributed by atoms with Gasteiger partial charge in [0.1, 0.15) is 18.2 Å². The first-order valence-corrected chi connectivity index (χ1v) is 11.7. The van der Waals surface area contributed by atoms with E-state index in [0.717, 1.165) is 10.9 Å². The molecule has 0 aliphatic carbocycles. The van der Waals surface area contributed by atoms with E-state index in [1.54, 1.807) is 18.2 Å². The number of aromatic nitrogens is 1. The summed E-state index contributed by atoms with van der Waals surface area (Å²) >= 11 is 6.12. The lowest BCUT2D eigenvalue weighted by Crippen LogP contribution is -2.43. The topological polar surface area (TPSA) is 113 Å². The number of fused-ring (bicyclic) bond motifs is 1. The van der Waals surface area contributed by atoms with Crippen molar-refractivity contribution in [3.63, 3.8) is 0 Å². The summed E-state index contributed by atoms with van der Waals surface area (Å²) in [5.41, 5.74) is 0.881. The molecule has 0 aliphatic heterocycles. The normalized spacial score (nSPS) is 11.7. The van der Waals surface area contributed by atoms with Gasteiger partial charge in [-0.1, -0.05) is 29.8 Å². The Kier molecular flexibility index (Phi) is 10.2. The van der Waals surface area contributed by atoms with Gasteiger partial charge in [-0.15, -0.1) is 0 Å². The zero-order valence-corrected chi connectivity index (χ0v) is 19.9. The average Bonchev–Trinajstić information content (AvgIpc) is 2.83. The molecule has 3 aromatic rings. The van der Waals surface area contributed by atoms with Crippen molar-refractivity contribution in [2.24, 2.45) is 0 Å². The van der Waals surface area contributed by atoms with E-state index < -0.39 is 12.1 Å². The third kappa shape index (κ3) is 8.79. The Balaban J connectivity index is 1.48. The van der Waals surface area contributed by atoms with Crippen LogP contribution in [0.15, 0.2) is 54.7 Å². The van der Waals surface area contributed by atoms with Crippen LogP contribution >= 0.6 is 11.6 Å². The minimum atomic E-state index is -0.744. The summed E-state index contributed by atoms with van der Waals surface area (Å²) in [5, 5.41) is 19.4. The van der Waals surface area contributed by atoms with Crippen molar-refractivity contribution in [1.29, 1.82) is 0 Å². The number of nitrogens with one attached hydrogen (secondary N) is 3. The smallest absolute Gasteiger partial charge is 0.412 e. The second kappa shape index (κ2) is 13.6. The van der Waals surface area contributed by atoms with Gasteiger partial charge in [0.15, 0.2) is 0 Å². The van der Waals surface area contributed by atoms with Crippen molar-refractivity contribution in [3.8, 4) is 0 Å². The van der Waals surface area contributed by atoms with Crippen LogP contribution in [0, 0.1) is 5.82 Å². The number of unbranched alkanes of at least 4 members (excludes halogenated alkanes) is 1. The first kappa shape index (κ1) is 26.3. The SMILES string of the molecule is O=C(CNCc1ccccc1Cl)N[C@@H](CCCCO)COC(=O)Nc1cc2cc(F)ccc2cn1. The fraction of sp³-hybridized carbons (Fsp3) is 0.320. The van der Waals surface area contributed by atoms with Crippen LogP contribution in [-0.2, 0) is 16.1 Å². The van der Waals surface area contributed by atoms with Gasteiger partial charge in [-0.05, 0) is 60.5 Å². The van der Waals surface area contributed by atoms with E-state index >= 15 is 0 Å². The van der Waals surface area contributed by atoms with E-state index in [9.17, 15) is 14.0 Å². The van der Waals surface area contributed by atoms with Crippen LogP contribution < -0.4 is 16.0 Å². The van der Waals surface area contributed by atoms with Crippen LogP contribution in [0.25, 0.3) is 10.8 Å². The van der Waals surface area contributed by atoms with Crippen molar-refractivity contribution < 1.29 is 23.8 Å². The van der Waals surface area contributed by atoms with Gasteiger partial charge in [-0.2, -0.15) is 0 Å². The van der Waals surface area contributed by atoms with Crippen LogP contribution in [0.5, 0.6) is 0 Å². The van der Waals surface area contributed by atoms with Crippen LogP contribution in [0.3, 0.4) is 0 Å². The van der Waals surface area contributed by atoms with Crippen molar-refractivity contribution in [3.05, 3.63) is 71.1 Å². The maximum atomic E-state index is 13.5. The van der Waals surface area contributed by atoms with Gasteiger partial charge >= 0.3 is 6.09 Å². The maximum absolute atomic E-state index is 13.5. The van der Waals surface area contributed by atoms with Crippen LogP contribution in [0.4, 0.5) is 15.0 Å². The molecule has 0 spiro atoms. The van der Waals surface area contributed by atoms with Crippen molar-refractivity contribution in [2.75, 3.05) is 25.1 Å². The Morgan fingerprint density at radius 2 is 1.94 bits per heavy atom. The molecular formula is C25H28ClFN4O4. The van der Waals surface area contributed by atoms with Gasteiger partial charge in [-0.3, -0.25) is 10.1 Å². The largest absolute Gasteiger partial charge is 0.447 e. The molecule has 4 N–H and O–H groups in total. The lowest BCUT2D eigenvalue weighted by molar-refractivity contribution is -0.121. The maximum Gasteiger partial charge on any atom is 0.412 e. The summed E-state index contributed by atoms with van der Waals surface area (Å²) < 4.78 is 18.7. The number of carbonyl (C=O) groups excluding carboxylic acids is 2. The first-order chi connectivity index (χ1) is 16.9. The Labute approximate surface area is 207 Å². The molecule has 0 fully saturated rings. The second-order valence-electron chi connectivity index (χ2n) is 7.96. The standard InChI is InChI=1S/C25H28ClFN4O4/c26-22-7-2-1-5-18(22)13-28-15-24(33)30-21(6-3-4-10-32)16-35-25(34)31-23-12-19-11-20(27)9-8-17(19)14-29-23/h1-2,5,7-9,11-12,14,21,28,32H,3-4,6,10,13,15-16H2,(H,30,33)(H,29,31,34)/t21-/m0/s1. The van der Waals surface area contributed by atoms with Crippen molar-refractivity contribution in [1.82, 2.24) is 15.6 Å². The first-order valence-electron chi connectivity index (χ1n) is 11.3. The molecule has 0 radical (unpaired) electrons.